The molecule has 0 aliphatic carbocycles. The number of aromatic amines is 1. The Bertz CT molecular complexity index is 509. The lowest BCUT2D eigenvalue weighted by Gasteiger charge is -2.10. The van der Waals surface area contributed by atoms with Crippen LogP contribution in [0, 0.1) is 11.3 Å². The van der Waals surface area contributed by atoms with Crippen molar-refractivity contribution in [2.45, 2.75) is 13.0 Å². The van der Waals surface area contributed by atoms with Crippen LogP contribution in [0.2, 0.25) is 0 Å². The topological polar surface area (TPSA) is 103 Å². The van der Waals surface area contributed by atoms with Gasteiger partial charge < -0.3 is 16.0 Å². The number of hydrogen-bond donors (Lipinski definition) is 3. The molecule has 2 heterocycles. The molecule has 0 amide bonds. The average Bonchev–Trinajstić information content (AvgIpc) is 2.88. The van der Waals surface area contributed by atoms with Crippen LogP contribution in [-0.2, 0) is 0 Å². The van der Waals surface area contributed by atoms with Crippen molar-refractivity contribution in [2.75, 3.05) is 11.1 Å². The number of imidazole rings is 1. The molecule has 7 heteroatoms. The van der Waals surface area contributed by atoms with Gasteiger partial charge in [0.05, 0.1) is 6.04 Å². The molecule has 0 aromatic carbocycles. The van der Waals surface area contributed by atoms with E-state index in [-0.39, 0.29) is 11.9 Å². The number of H-pyrrole nitrogens is 1. The largest absolute Gasteiger partial charge is 0.382 e. The highest BCUT2D eigenvalue weighted by atomic mass is 32.1. The SMILES string of the molecule is CC(Nc1snc(N)c1C#N)c1ncc[nH]1. The van der Waals surface area contributed by atoms with Crippen molar-refractivity contribution >= 4 is 22.4 Å². The van der Waals surface area contributed by atoms with Gasteiger partial charge in [0.25, 0.3) is 0 Å². The second kappa shape index (κ2) is 4.20. The molecule has 1 atom stereocenters. The van der Waals surface area contributed by atoms with E-state index in [4.69, 9.17) is 11.0 Å². The maximum absolute atomic E-state index is 8.90. The van der Waals surface area contributed by atoms with Gasteiger partial charge in [0.15, 0.2) is 5.82 Å². The molecule has 1 unspecified atom stereocenters. The minimum Gasteiger partial charge on any atom is -0.382 e. The van der Waals surface area contributed by atoms with E-state index in [1.807, 2.05) is 13.0 Å². The van der Waals surface area contributed by atoms with Crippen molar-refractivity contribution in [1.29, 1.82) is 5.26 Å². The van der Waals surface area contributed by atoms with E-state index >= 15 is 0 Å². The summed E-state index contributed by atoms with van der Waals surface area (Å²) in [7, 11) is 0. The lowest BCUT2D eigenvalue weighted by atomic mass is 10.3. The fourth-order valence-electron chi connectivity index (χ4n) is 1.29. The molecule has 0 fully saturated rings. The molecule has 6 nitrogen and oxygen atoms in total. The molecule has 2 aromatic rings. The quantitative estimate of drug-likeness (QED) is 0.746. The highest BCUT2D eigenvalue weighted by molar-refractivity contribution is 7.10. The third-order valence-electron chi connectivity index (χ3n) is 2.11. The summed E-state index contributed by atoms with van der Waals surface area (Å²) < 4.78 is 3.93. The Labute approximate surface area is 96.3 Å². The van der Waals surface area contributed by atoms with Gasteiger partial charge in [0.1, 0.15) is 22.5 Å². The molecule has 82 valence electrons. The summed E-state index contributed by atoms with van der Waals surface area (Å²) in [6, 6.07) is 2.00. The van der Waals surface area contributed by atoms with Gasteiger partial charge in [-0.05, 0) is 18.5 Å². The zero-order valence-electron chi connectivity index (χ0n) is 8.56. The molecule has 0 spiro atoms. The van der Waals surface area contributed by atoms with Crippen LogP contribution in [0.25, 0.3) is 0 Å². The van der Waals surface area contributed by atoms with Gasteiger partial charge in [0.2, 0.25) is 0 Å². The van der Waals surface area contributed by atoms with Crippen LogP contribution in [0.3, 0.4) is 0 Å². The van der Waals surface area contributed by atoms with Crippen LogP contribution in [0.5, 0.6) is 0 Å². The number of aromatic nitrogens is 3. The number of nitrogen functional groups attached to an aromatic ring is 1. The Morgan fingerprint density at radius 3 is 3.12 bits per heavy atom. The first-order chi connectivity index (χ1) is 7.72. The average molecular weight is 234 g/mol. The van der Waals surface area contributed by atoms with E-state index in [9.17, 15) is 0 Å². The summed E-state index contributed by atoms with van der Waals surface area (Å²) in [6.45, 7) is 1.94. The van der Waals surface area contributed by atoms with Gasteiger partial charge in [-0.2, -0.15) is 9.64 Å². The molecular weight excluding hydrogens is 224 g/mol. The maximum Gasteiger partial charge on any atom is 0.157 e. The first kappa shape index (κ1) is 10.4. The van der Waals surface area contributed by atoms with Gasteiger partial charge in [0, 0.05) is 12.4 Å². The summed E-state index contributed by atoms with van der Waals surface area (Å²) in [5.74, 6) is 1.07. The number of nitrogens with two attached hydrogens (primary N) is 1. The molecule has 2 rings (SSSR count). The minimum absolute atomic E-state index is 0.0260. The van der Waals surface area contributed by atoms with E-state index < -0.39 is 0 Å². The van der Waals surface area contributed by atoms with Crippen molar-refractivity contribution in [1.82, 2.24) is 14.3 Å². The van der Waals surface area contributed by atoms with Gasteiger partial charge in [-0.3, -0.25) is 0 Å². The number of hydrogen-bond acceptors (Lipinski definition) is 6. The van der Waals surface area contributed by atoms with Gasteiger partial charge in [-0.1, -0.05) is 0 Å². The number of nitriles is 1. The smallest absolute Gasteiger partial charge is 0.157 e. The monoisotopic (exact) mass is 234 g/mol. The molecular formula is C9H10N6S. The molecule has 0 bridgehead atoms. The molecule has 0 radical (unpaired) electrons. The first-order valence-electron chi connectivity index (χ1n) is 4.63. The molecule has 0 saturated heterocycles. The Morgan fingerprint density at radius 2 is 2.50 bits per heavy atom. The van der Waals surface area contributed by atoms with Gasteiger partial charge in [-0.25, -0.2) is 4.98 Å². The van der Waals surface area contributed by atoms with Crippen molar-refractivity contribution < 1.29 is 0 Å². The molecule has 0 aliphatic rings. The Morgan fingerprint density at radius 1 is 1.69 bits per heavy atom. The Kier molecular flexibility index (Phi) is 2.74. The van der Waals surface area contributed by atoms with Crippen molar-refractivity contribution in [2.24, 2.45) is 0 Å². The van der Waals surface area contributed by atoms with Crippen molar-refractivity contribution in [3.05, 3.63) is 23.8 Å². The molecule has 2 aromatic heterocycles. The maximum atomic E-state index is 8.90. The van der Waals surface area contributed by atoms with E-state index in [0.717, 1.165) is 5.82 Å². The number of nitrogens with zero attached hydrogens (tertiary/aromatic N) is 3. The second-order valence-electron chi connectivity index (χ2n) is 3.22. The van der Waals surface area contributed by atoms with Crippen LogP contribution >= 0.6 is 11.5 Å². The summed E-state index contributed by atoms with van der Waals surface area (Å²) in [6.07, 6.45) is 3.43. The van der Waals surface area contributed by atoms with E-state index in [1.54, 1.807) is 12.4 Å². The fraction of sp³-hybridized carbons (Fsp3) is 0.222. The fourth-order valence-corrected chi connectivity index (χ4v) is 2.04. The number of nitrogens with one attached hydrogen (secondary N) is 2. The first-order valence-corrected chi connectivity index (χ1v) is 5.40. The van der Waals surface area contributed by atoms with E-state index in [0.29, 0.717) is 10.6 Å². The lowest BCUT2D eigenvalue weighted by molar-refractivity contribution is 0.813. The summed E-state index contributed by atoms with van der Waals surface area (Å²) in [5.41, 5.74) is 5.95. The van der Waals surface area contributed by atoms with Crippen molar-refractivity contribution in [3.8, 4) is 6.07 Å². The highest BCUT2D eigenvalue weighted by Crippen LogP contribution is 2.28. The molecule has 4 N–H and O–H groups in total. The number of rotatable bonds is 3. The van der Waals surface area contributed by atoms with E-state index in [1.165, 1.54) is 11.5 Å². The number of anilines is 2. The third kappa shape index (κ3) is 1.83. The molecule has 0 aliphatic heterocycles. The predicted octanol–water partition coefficient (Wildman–Crippen LogP) is 1.49. The zero-order chi connectivity index (χ0) is 11.5. The minimum atomic E-state index is -0.0260. The third-order valence-corrected chi connectivity index (χ3v) is 2.90. The summed E-state index contributed by atoms with van der Waals surface area (Å²) in [4.78, 5) is 7.12. The normalized spacial score (nSPS) is 12.0. The summed E-state index contributed by atoms with van der Waals surface area (Å²) >= 11 is 1.18. The standard InChI is InChI=1S/C9H10N6S/c1-5(8-12-2-3-13-8)14-9-6(4-10)7(11)15-16-9/h2-3,5,14H,1H3,(H2,11,15)(H,12,13). The van der Waals surface area contributed by atoms with Crippen LogP contribution in [0.15, 0.2) is 12.4 Å². The van der Waals surface area contributed by atoms with Gasteiger partial charge >= 0.3 is 0 Å². The van der Waals surface area contributed by atoms with Gasteiger partial charge in [-0.15, -0.1) is 0 Å². The summed E-state index contributed by atoms with van der Waals surface area (Å²) in [5, 5.41) is 12.7. The molecule has 16 heavy (non-hydrogen) atoms. The van der Waals surface area contributed by atoms with Crippen LogP contribution < -0.4 is 11.1 Å². The van der Waals surface area contributed by atoms with Crippen molar-refractivity contribution in [3.63, 3.8) is 0 Å². The highest BCUT2D eigenvalue weighted by Gasteiger charge is 2.14. The Balaban J connectivity index is 2.19. The van der Waals surface area contributed by atoms with Crippen LogP contribution in [-0.4, -0.2) is 14.3 Å². The predicted molar refractivity (Wildman–Crippen MR) is 61.9 cm³/mol. The van der Waals surface area contributed by atoms with E-state index in [2.05, 4.69) is 19.7 Å². The molecule has 0 saturated carbocycles. The Hall–Kier alpha value is -2.07. The zero-order valence-corrected chi connectivity index (χ0v) is 9.38. The lowest BCUT2D eigenvalue weighted by Crippen LogP contribution is -2.08. The second-order valence-corrected chi connectivity index (χ2v) is 4.00. The van der Waals surface area contributed by atoms with Crippen LogP contribution in [0.4, 0.5) is 10.8 Å². The van der Waals surface area contributed by atoms with Crippen LogP contribution in [0.1, 0.15) is 24.4 Å².